The number of hydrogen-bond donors (Lipinski definition) is 0. The molecule has 4 nitrogen and oxygen atoms in total. The molecule has 0 saturated carbocycles. The number of nitriles is 1. The van der Waals surface area contributed by atoms with E-state index in [-0.39, 0.29) is 11.8 Å². The molecule has 1 aromatic rings. The van der Waals surface area contributed by atoms with E-state index in [0.717, 1.165) is 5.56 Å². The van der Waals surface area contributed by atoms with Crippen molar-refractivity contribution < 1.29 is 8.42 Å². The first-order valence-corrected chi connectivity index (χ1v) is 6.96. The van der Waals surface area contributed by atoms with Crippen molar-refractivity contribution in [3.05, 3.63) is 29.8 Å². The molecular weight excluding hydrogens is 236 g/mol. The van der Waals surface area contributed by atoms with Gasteiger partial charge in [0.05, 0.1) is 16.7 Å². The normalized spacial score (nSPS) is 13.4. The van der Waals surface area contributed by atoms with E-state index in [1.807, 2.05) is 14.1 Å². The van der Waals surface area contributed by atoms with Crippen LogP contribution in [-0.2, 0) is 9.84 Å². The summed E-state index contributed by atoms with van der Waals surface area (Å²) in [7, 11) is 0.456. The second-order valence-corrected chi connectivity index (χ2v) is 6.25. The van der Waals surface area contributed by atoms with Crippen LogP contribution < -0.4 is 0 Å². The molecule has 1 rings (SSSR count). The van der Waals surface area contributed by atoms with Crippen LogP contribution in [0.5, 0.6) is 0 Å². The Kier molecular flexibility index (Phi) is 4.27. The van der Waals surface area contributed by atoms with Crippen LogP contribution in [0.1, 0.15) is 18.5 Å². The number of benzene rings is 1. The molecule has 0 amide bonds. The quantitative estimate of drug-likeness (QED) is 0.816. The molecule has 0 aliphatic heterocycles. The summed E-state index contributed by atoms with van der Waals surface area (Å²) in [4.78, 5) is 2.09. The molecule has 0 aliphatic rings. The van der Waals surface area contributed by atoms with Gasteiger partial charge in [-0.2, -0.15) is 5.26 Å². The van der Waals surface area contributed by atoms with E-state index in [0.29, 0.717) is 4.90 Å². The van der Waals surface area contributed by atoms with Gasteiger partial charge >= 0.3 is 0 Å². The highest BCUT2D eigenvalue weighted by atomic mass is 32.2. The Balaban J connectivity index is 3.09. The Morgan fingerprint density at radius 3 is 2.18 bits per heavy atom. The molecule has 0 radical (unpaired) electrons. The van der Waals surface area contributed by atoms with E-state index in [4.69, 9.17) is 5.26 Å². The largest absolute Gasteiger partial charge is 0.291 e. The summed E-state index contributed by atoms with van der Waals surface area (Å²) in [6, 6.07) is 8.31. The van der Waals surface area contributed by atoms with Crippen LogP contribution in [0.3, 0.4) is 0 Å². The maximum absolute atomic E-state index is 11.6. The van der Waals surface area contributed by atoms with Crippen LogP contribution in [0.2, 0.25) is 0 Å². The molecule has 1 aromatic carbocycles. The van der Waals surface area contributed by atoms with E-state index in [9.17, 15) is 8.42 Å². The van der Waals surface area contributed by atoms with Gasteiger partial charge in [-0.25, -0.2) is 8.42 Å². The summed E-state index contributed by atoms with van der Waals surface area (Å²) < 4.78 is 23.2. The molecule has 0 N–H and O–H groups in total. The standard InChI is InChI=1S/C12H16N2O2S/c1-4-17(15,16)11-7-5-10(6-8-11)12(9-13)14(2)3/h5-8,12H,4H2,1-3H3. The van der Waals surface area contributed by atoms with E-state index < -0.39 is 9.84 Å². The molecule has 0 spiro atoms. The van der Waals surface area contributed by atoms with Crippen molar-refractivity contribution in [1.82, 2.24) is 4.90 Å². The molecule has 92 valence electrons. The molecule has 0 fully saturated rings. The first-order chi connectivity index (χ1) is 7.92. The Labute approximate surface area is 102 Å². The highest BCUT2D eigenvalue weighted by molar-refractivity contribution is 7.91. The Morgan fingerprint density at radius 2 is 1.82 bits per heavy atom. The molecule has 0 bridgehead atoms. The van der Waals surface area contributed by atoms with Crippen LogP contribution in [0, 0.1) is 11.3 Å². The molecule has 0 aromatic heterocycles. The van der Waals surface area contributed by atoms with Gasteiger partial charge in [-0.1, -0.05) is 19.1 Å². The van der Waals surface area contributed by atoms with Crippen LogP contribution in [0.4, 0.5) is 0 Å². The van der Waals surface area contributed by atoms with Crippen molar-refractivity contribution >= 4 is 9.84 Å². The minimum absolute atomic E-state index is 0.0850. The van der Waals surface area contributed by atoms with Crippen molar-refractivity contribution in [2.75, 3.05) is 19.8 Å². The molecule has 5 heteroatoms. The van der Waals surface area contributed by atoms with Crippen LogP contribution >= 0.6 is 0 Å². The van der Waals surface area contributed by atoms with Gasteiger partial charge in [0.25, 0.3) is 0 Å². The smallest absolute Gasteiger partial charge is 0.178 e. The van der Waals surface area contributed by atoms with Crippen molar-refractivity contribution in [3.8, 4) is 6.07 Å². The fourth-order valence-corrected chi connectivity index (χ4v) is 2.40. The average Bonchev–Trinajstić information content (AvgIpc) is 2.30. The second-order valence-electron chi connectivity index (χ2n) is 3.97. The molecular formula is C12H16N2O2S. The molecule has 0 aliphatic carbocycles. The van der Waals surface area contributed by atoms with Crippen LogP contribution in [0.15, 0.2) is 29.2 Å². The monoisotopic (exact) mass is 252 g/mol. The minimum atomic E-state index is -3.16. The van der Waals surface area contributed by atoms with Gasteiger partial charge < -0.3 is 0 Å². The Hall–Kier alpha value is -1.38. The lowest BCUT2D eigenvalue weighted by molar-refractivity contribution is 0.358. The maximum Gasteiger partial charge on any atom is 0.178 e. The van der Waals surface area contributed by atoms with Gasteiger partial charge in [-0.15, -0.1) is 0 Å². The highest BCUT2D eigenvalue weighted by Gasteiger charge is 2.15. The summed E-state index contributed by atoms with van der Waals surface area (Å²) in [5.74, 6) is 0.0850. The second kappa shape index (κ2) is 5.30. The van der Waals surface area contributed by atoms with Gasteiger partial charge in [0.2, 0.25) is 0 Å². The number of nitrogens with zero attached hydrogens (tertiary/aromatic N) is 2. The van der Waals surface area contributed by atoms with E-state index in [1.165, 1.54) is 0 Å². The van der Waals surface area contributed by atoms with E-state index in [2.05, 4.69) is 6.07 Å². The zero-order valence-corrected chi connectivity index (χ0v) is 11.0. The Bertz CT molecular complexity index is 512. The first kappa shape index (κ1) is 13.7. The lowest BCUT2D eigenvalue weighted by atomic mass is 10.1. The lowest BCUT2D eigenvalue weighted by Gasteiger charge is -2.17. The van der Waals surface area contributed by atoms with Crippen molar-refractivity contribution in [2.24, 2.45) is 0 Å². The summed E-state index contributed by atoms with van der Waals surface area (Å²) >= 11 is 0. The molecule has 0 saturated heterocycles. The van der Waals surface area contributed by atoms with Crippen LogP contribution in [0.25, 0.3) is 0 Å². The summed E-state index contributed by atoms with van der Waals surface area (Å²) in [6.07, 6.45) is 0. The topological polar surface area (TPSA) is 61.2 Å². The van der Waals surface area contributed by atoms with E-state index in [1.54, 1.807) is 36.1 Å². The van der Waals surface area contributed by atoms with Gasteiger partial charge in [-0.05, 0) is 31.8 Å². The van der Waals surface area contributed by atoms with E-state index >= 15 is 0 Å². The third-order valence-electron chi connectivity index (χ3n) is 2.57. The SMILES string of the molecule is CCS(=O)(=O)c1ccc(C(C#N)N(C)C)cc1. The third kappa shape index (κ3) is 3.05. The third-order valence-corrected chi connectivity index (χ3v) is 4.32. The number of hydrogen-bond acceptors (Lipinski definition) is 4. The zero-order chi connectivity index (χ0) is 13.1. The van der Waals surface area contributed by atoms with Gasteiger partial charge in [-0.3, -0.25) is 4.90 Å². The predicted octanol–water partition coefficient (Wildman–Crippen LogP) is 1.61. The van der Waals surface area contributed by atoms with Crippen molar-refractivity contribution in [1.29, 1.82) is 5.26 Å². The molecule has 1 unspecified atom stereocenters. The fraction of sp³-hybridized carbons (Fsp3) is 0.417. The predicted molar refractivity (Wildman–Crippen MR) is 66.2 cm³/mol. The minimum Gasteiger partial charge on any atom is -0.291 e. The molecule has 0 heterocycles. The maximum atomic E-state index is 11.6. The van der Waals surface area contributed by atoms with Gasteiger partial charge in [0, 0.05) is 0 Å². The highest BCUT2D eigenvalue weighted by Crippen LogP contribution is 2.20. The van der Waals surface area contributed by atoms with Crippen molar-refractivity contribution in [3.63, 3.8) is 0 Å². The average molecular weight is 252 g/mol. The molecule has 1 atom stereocenters. The van der Waals surface area contributed by atoms with Gasteiger partial charge in [0.1, 0.15) is 6.04 Å². The Morgan fingerprint density at radius 1 is 1.29 bits per heavy atom. The lowest BCUT2D eigenvalue weighted by Crippen LogP contribution is -2.18. The number of rotatable bonds is 4. The van der Waals surface area contributed by atoms with Gasteiger partial charge in [0.15, 0.2) is 9.84 Å². The fourth-order valence-electron chi connectivity index (χ4n) is 1.51. The zero-order valence-electron chi connectivity index (χ0n) is 10.2. The molecule has 17 heavy (non-hydrogen) atoms. The summed E-state index contributed by atoms with van der Waals surface area (Å²) in [5, 5.41) is 9.02. The summed E-state index contributed by atoms with van der Waals surface area (Å²) in [6.45, 7) is 1.61. The van der Waals surface area contributed by atoms with Crippen molar-refractivity contribution in [2.45, 2.75) is 17.9 Å². The number of sulfone groups is 1. The van der Waals surface area contributed by atoms with Crippen LogP contribution in [-0.4, -0.2) is 33.2 Å². The summed E-state index contributed by atoms with van der Waals surface area (Å²) in [5.41, 5.74) is 0.799. The first-order valence-electron chi connectivity index (χ1n) is 5.31.